The predicted molar refractivity (Wildman–Crippen MR) is 52.9 cm³/mol. The van der Waals surface area contributed by atoms with Crippen LogP contribution in [0.25, 0.3) is 0 Å². The first-order valence-electron chi connectivity index (χ1n) is 4.93. The third-order valence-electron chi connectivity index (χ3n) is 2.97. The minimum Gasteiger partial charge on any atom is -0.0804 e. The van der Waals surface area contributed by atoms with Crippen molar-refractivity contribution in [1.82, 2.24) is 0 Å². The summed E-state index contributed by atoms with van der Waals surface area (Å²) in [4.78, 5) is 0. The number of hydrogen-bond donors (Lipinski definition) is 0. The van der Waals surface area contributed by atoms with E-state index in [1.165, 1.54) is 25.7 Å². The lowest BCUT2D eigenvalue weighted by molar-refractivity contribution is 0.532. The van der Waals surface area contributed by atoms with Gasteiger partial charge >= 0.3 is 0 Å². The van der Waals surface area contributed by atoms with Gasteiger partial charge in [-0.2, -0.15) is 0 Å². The number of allylic oxidation sites excluding steroid dienone is 6. The molecule has 0 amide bonds. The fourth-order valence-electron chi connectivity index (χ4n) is 2.22. The minimum absolute atomic E-state index is 0.821. The quantitative estimate of drug-likeness (QED) is 0.507. The van der Waals surface area contributed by atoms with E-state index in [0.717, 1.165) is 5.92 Å². The molecular formula is C12H16. The molecule has 2 rings (SSSR count). The van der Waals surface area contributed by atoms with Gasteiger partial charge in [0.15, 0.2) is 0 Å². The Bertz CT molecular complexity index is 253. The van der Waals surface area contributed by atoms with Gasteiger partial charge in [-0.05, 0) is 37.2 Å². The third-order valence-corrected chi connectivity index (χ3v) is 2.97. The fourth-order valence-corrected chi connectivity index (χ4v) is 2.22. The molecule has 12 heavy (non-hydrogen) atoms. The molecule has 0 fully saturated rings. The van der Waals surface area contributed by atoms with Crippen molar-refractivity contribution in [3.63, 3.8) is 0 Å². The van der Waals surface area contributed by atoms with Crippen LogP contribution >= 0.6 is 0 Å². The lowest BCUT2D eigenvalue weighted by Gasteiger charge is -2.23. The molecule has 0 radical (unpaired) electrons. The Hall–Kier alpha value is -0.780. The Labute approximate surface area is 74.7 Å². The molecule has 0 nitrogen and oxygen atoms in total. The summed E-state index contributed by atoms with van der Waals surface area (Å²) in [5.41, 5.74) is 3.30. The van der Waals surface area contributed by atoms with Crippen LogP contribution in [0.15, 0.2) is 35.5 Å². The van der Waals surface area contributed by atoms with Crippen molar-refractivity contribution < 1.29 is 0 Å². The summed E-state index contributed by atoms with van der Waals surface area (Å²) in [6.07, 6.45) is 14.2. The number of hydrogen-bond acceptors (Lipinski definition) is 0. The van der Waals surface area contributed by atoms with Gasteiger partial charge in [0, 0.05) is 0 Å². The summed E-state index contributed by atoms with van der Waals surface area (Å²) in [5, 5.41) is 0. The Morgan fingerprint density at radius 2 is 2.25 bits per heavy atom. The summed E-state index contributed by atoms with van der Waals surface area (Å²) in [5.74, 6) is 0.821. The van der Waals surface area contributed by atoms with Crippen LogP contribution in [0.1, 0.15) is 32.6 Å². The molecule has 0 bridgehead atoms. The molecule has 0 saturated carbocycles. The van der Waals surface area contributed by atoms with Gasteiger partial charge in [0.05, 0.1) is 0 Å². The van der Waals surface area contributed by atoms with Gasteiger partial charge in [-0.3, -0.25) is 0 Å². The van der Waals surface area contributed by atoms with Crippen molar-refractivity contribution in [1.29, 1.82) is 0 Å². The summed E-state index contributed by atoms with van der Waals surface area (Å²) in [6.45, 7) is 2.36. The van der Waals surface area contributed by atoms with Gasteiger partial charge in [-0.15, -0.1) is 0 Å². The summed E-state index contributed by atoms with van der Waals surface area (Å²) >= 11 is 0. The van der Waals surface area contributed by atoms with E-state index in [-0.39, 0.29) is 0 Å². The zero-order valence-corrected chi connectivity index (χ0v) is 7.72. The molecule has 0 N–H and O–H groups in total. The van der Waals surface area contributed by atoms with Crippen LogP contribution in [0.2, 0.25) is 0 Å². The second kappa shape index (κ2) is 3.30. The van der Waals surface area contributed by atoms with Crippen molar-refractivity contribution >= 4 is 0 Å². The van der Waals surface area contributed by atoms with E-state index in [1.54, 1.807) is 11.1 Å². The number of rotatable bonds is 0. The van der Waals surface area contributed by atoms with E-state index >= 15 is 0 Å². The standard InChI is InChI=1S/C12H16/c1-10-6-5-8-11-7-3-2-4-9-12(10)11/h2-4,7,10H,5-6,8-9H2,1H3. The van der Waals surface area contributed by atoms with Crippen molar-refractivity contribution in [3.8, 4) is 0 Å². The van der Waals surface area contributed by atoms with Crippen LogP contribution in [-0.4, -0.2) is 0 Å². The Morgan fingerprint density at radius 1 is 1.33 bits per heavy atom. The highest BCUT2D eigenvalue weighted by atomic mass is 14.2. The maximum Gasteiger partial charge on any atom is -0.0127 e. The van der Waals surface area contributed by atoms with Crippen LogP contribution in [0, 0.1) is 5.92 Å². The van der Waals surface area contributed by atoms with Crippen molar-refractivity contribution in [2.45, 2.75) is 32.6 Å². The first-order chi connectivity index (χ1) is 5.88. The predicted octanol–water partition coefficient (Wildman–Crippen LogP) is 3.62. The zero-order valence-electron chi connectivity index (χ0n) is 7.72. The second-order valence-corrected chi connectivity index (χ2v) is 3.84. The average molecular weight is 160 g/mol. The molecule has 0 spiro atoms. The molecule has 0 aromatic carbocycles. The fraction of sp³-hybridized carbons (Fsp3) is 0.500. The zero-order chi connectivity index (χ0) is 8.39. The van der Waals surface area contributed by atoms with Crippen molar-refractivity contribution in [2.75, 3.05) is 0 Å². The summed E-state index contributed by atoms with van der Waals surface area (Å²) in [7, 11) is 0. The van der Waals surface area contributed by atoms with E-state index in [1.807, 2.05) is 0 Å². The normalized spacial score (nSPS) is 28.6. The van der Waals surface area contributed by atoms with Crippen LogP contribution in [0.3, 0.4) is 0 Å². The van der Waals surface area contributed by atoms with Crippen LogP contribution in [0.5, 0.6) is 0 Å². The van der Waals surface area contributed by atoms with Gasteiger partial charge in [0.1, 0.15) is 0 Å². The SMILES string of the molecule is CC1CCCC2=C1CC=CC=C2. The highest BCUT2D eigenvalue weighted by Crippen LogP contribution is 2.33. The molecule has 2 aliphatic rings. The Kier molecular flexibility index (Phi) is 2.16. The summed E-state index contributed by atoms with van der Waals surface area (Å²) < 4.78 is 0. The van der Waals surface area contributed by atoms with E-state index < -0.39 is 0 Å². The molecule has 1 atom stereocenters. The molecule has 0 saturated heterocycles. The largest absolute Gasteiger partial charge is 0.0804 e. The lowest BCUT2D eigenvalue weighted by Crippen LogP contribution is -2.07. The first-order valence-corrected chi connectivity index (χ1v) is 4.93. The van der Waals surface area contributed by atoms with Gasteiger partial charge in [-0.25, -0.2) is 0 Å². The summed E-state index contributed by atoms with van der Waals surface area (Å²) in [6, 6.07) is 0. The molecule has 64 valence electrons. The van der Waals surface area contributed by atoms with E-state index in [2.05, 4.69) is 31.2 Å². The van der Waals surface area contributed by atoms with Crippen molar-refractivity contribution in [2.24, 2.45) is 5.92 Å². The van der Waals surface area contributed by atoms with Crippen molar-refractivity contribution in [3.05, 3.63) is 35.5 Å². The third kappa shape index (κ3) is 1.38. The first kappa shape index (κ1) is 7.85. The molecular weight excluding hydrogens is 144 g/mol. The average Bonchev–Trinajstić information content (AvgIpc) is 2.30. The van der Waals surface area contributed by atoms with Crippen LogP contribution in [-0.2, 0) is 0 Å². The smallest absolute Gasteiger partial charge is 0.0127 e. The van der Waals surface area contributed by atoms with Gasteiger partial charge < -0.3 is 0 Å². The molecule has 2 aliphatic carbocycles. The lowest BCUT2D eigenvalue weighted by atomic mass is 9.82. The molecule has 0 heteroatoms. The molecule has 0 aliphatic heterocycles. The monoisotopic (exact) mass is 160 g/mol. The highest BCUT2D eigenvalue weighted by Gasteiger charge is 2.17. The highest BCUT2D eigenvalue weighted by molar-refractivity contribution is 5.34. The van der Waals surface area contributed by atoms with E-state index in [9.17, 15) is 0 Å². The topological polar surface area (TPSA) is 0 Å². The van der Waals surface area contributed by atoms with E-state index in [4.69, 9.17) is 0 Å². The minimum atomic E-state index is 0.821. The van der Waals surface area contributed by atoms with Gasteiger partial charge in [-0.1, -0.05) is 36.8 Å². The molecule has 0 aromatic heterocycles. The van der Waals surface area contributed by atoms with E-state index in [0.29, 0.717) is 0 Å². The van der Waals surface area contributed by atoms with Crippen LogP contribution < -0.4 is 0 Å². The van der Waals surface area contributed by atoms with Crippen LogP contribution in [0.4, 0.5) is 0 Å². The Balaban J connectivity index is 2.32. The van der Waals surface area contributed by atoms with Gasteiger partial charge in [0.2, 0.25) is 0 Å². The molecule has 0 aromatic rings. The maximum absolute atomic E-state index is 2.36. The Morgan fingerprint density at radius 3 is 3.17 bits per heavy atom. The maximum atomic E-state index is 2.36. The molecule has 1 unspecified atom stereocenters. The van der Waals surface area contributed by atoms with Gasteiger partial charge in [0.25, 0.3) is 0 Å². The second-order valence-electron chi connectivity index (χ2n) is 3.84. The molecule has 0 heterocycles.